The van der Waals surface area contributed by atoms with Gasteiger partial charge in [-0.05, 0) is 48.9 Å². The summed E-state index contributed by atoms with van der Waals surface area (Å²) in [5.41, 5.74) is 3.35. The molecule has 9 heteroatoms. The van der Waals surface area contributed by atoms with Crippen molar-refractivity contribution in [3.8, 4) is 0 Å². The molecule has 1 aromatic heterocycles. The molecule has 0 saturated carbocycles. The molecule has 0 N–H and O–H groups in total. The van der Waals surface area contributed by atoms with Crippen molar-refractivity contribution >= 4 is 40.8 Å². The zero-order valence-electron chi connectivity index (χ0n) is 19.6. The van der Waals surface area contributed by atoms with Gasteiger partial charge in [-0.25, -0.2) is 5.01 Å². The average molecular weight is 506 g/mol. The molecule has 184 valence electrons. The second-order valence-corrected chi connectivity index (χ2v) is 9.31. The predicted octanol–water partition coefficient (Wildman–Crippen LogP) is 4.52. The summed E-state index contributed by atoms with van der Waals surface area (Å²) in [6.07, 6.45) is 2.02. The first-order valence-corrected chi connectivity index (χ1v) is 12.0. The van der Waals surface area contributed by atoms with E-state index in [0.29, 0.717) is 22.9 Å². The normalized spacial score (nSPS) is 19.5. The van der Waals surface area contributed by atoms with Crippen molar-refractivity contribution < 1.29 is 23.5 Å². The van der Waals surface area contributed by atoms with Crippen molar-refractivity contribution in [2.45, 2.75) is 25.8 Å². The fourth-order valence-corrected chi connectivity index (χ4v) is 4.54. The molecule has 36 heavy (non-hydrogen) atoms. The molecule has 8 nitrogen and oxygen atoms in total. The minimum atomic E-state index is -0.640. The molecule has 2 aliphatic rings. The van der Waals surface area contributed by atoms with Crippen LogP contribution in [0.4, 0.5) is 5.69 Å². The largest absolute Gasteiger partial charge is 0.467 e. The van der Waals surface area contributed by atoms with E-state index in [4.69, 9.17) is 20.8 Å². The maximum atomic E-state index is 13.1. The van der Waals surface area contributed by atoms with Crippen molar-refractivity contribution in [3.63, 3.8) is 0 Å². The van der Waals surface area contributed by atoms with E-state index in [0.717, 1.165) is 16.8 Å². The number of carbonyl (C=O) groups excluding carboxylic acids is 3. The summed E-state index contributed by atoms with van der Waals surface area (Å²) in [5.74, 6) is -1.27. The van der Waals surface area contributed by atoms with Gasteiger partial charge in [-0.2, -0.15) is 5.10 Å². The average Bonchev–Trinajstić information content (AvgIpc) is 3.63. The molecule has 0 spiro atoms. The van der Waals surface area contributed by atoms with Crippen LogP contribution >= 0.6 is 11.6 Å². The zero-order chi connectivity index (χ0) is 25.2. The number of ether oxygens (including phenoxy) is 1. The van der Waals surface area contributed by atoms with Crippen LogP contribution in [0.1, 0.15) is 35.8 Å². The van der Waals surface area contributed by atoms with Crippen LogP contribution < -0.4 is 4.90 Å². The lowest BCUT2D eigenvalue weighted by Gasteiger charge is -2.20. The quantitative estimate of drug-likeness (QED) is 0.459. The Morgan fingerprint density at radius 2 is 1.83 bits per heavy atom. The fourth-order valence-electron chi connectivity index (χ4n) is 4.42. The standard InChI is InChI=1S/C27H24ClN3O5/c1-17-4-10-21(11-5-17)30-15-19(13-25(30)32)27(34)36-16-26(33)31-23(24-3-2-12-35-24)14-22(29-31)18-6-8-20(28)9-7-18/h2-12,19,23H,13-16H2,1H3/t19-,23+/m1/s1. The first-order chi connectivity index (χ1) is 17.4. The topological polar surface area (TPSA) is 92.4 Å². The predicted molar refractivity (Wildman–Crippen MR) is 133 cm³/mol. The van der Waals surface area contributed by atoms with Crippen molar-refractivity contribution in [2.24, 2.45) is 11.0 Å². The van der Waals surface area contributed by atoms with Crippen molar-refractivity contribution in [1.29, 1.82) is 0 Å². The number of halogens is 1. The van der Waals surface area contributed by atoms with E-state index in [9.17, 15) is 14.4 Å². The van der Waals surface area contributed by atoms with Crippen molar-refractivity contribution in [3.05, 3.63) is 88.8 Å². The summed E-state index contributed by atoms with van der Waals surface area (Å²) in [4.78, 5) is 39.9. The van der Waals surface area contributed by atoms with E-state index in [1.54, 1.807) is 29.2 Å². The third-order valence-electron chi connectivity index (χ3n) is 6.36. The lowest BCUT2D eigenvalue weighted by Crippen LogP contribution is -2.33. The molecule has 0 aliphatic carbocycles. The van der Waals surface area contributed by atoms with Crippen LogP contribution in [-0.4, -0.2) is 41.7 Å². The number of aryl methyl sites for hydroxylation is 1. The van der Waals surface area contributed by atoms with Gasteiger partial charge in [0.1, 0.15) is 11.8 Å². The molecule has 2 aliphatic heterocycles. The van der Waals surface area contributed by atoms with Gasteiger partial charge >= 0.3 is 5.97 Å². The third-order valence-corrected chi connectivity index (χ3v) is 6.61. The monoisotopic (exact) mass is 505 g/mol. The number of nitrogens with zero attached hydrogens (tertiary/aromatic N) is 3. The van der Waals surface area contributed by atoms with Crippen LogP contribution in [0.25, 0.3) is 0 Å². The molecular weight excluding hydrogens is 482 g/mol. The minimum Gasteiger partial charge on any atom is -0.467 e. The van der Waals surface area contributed by atoms with Crippen LogP contribution in [-0.2, 0) is 19.1 Å². The second-order valence-electron chi connectivity index (χ2n) is 8.88. The molecule has 0 radical (unpaired) electrons. The number of esters is 1. The summed E-state index contributed by atoms with van der Waals surface area (Å²) >= 11 is 6.00. The molecule has 2 amide bonds. The van der Waals surface area contributed by atoms with Gasteiger partial charge in [0.2, 0.25) is 5.91 Å². The molecule has 2 aromatic carbocycles. The van der Waals surface area contributed by atoms with Gasteiger partial charge in [-0.1, -0.05) is 41.4 Å². The number of benzene rings is 2. The highest BCUT2D eigenvalue weighted by Crippen LogP contribution is 2.33. The number of hydrazone groups is 1. The van der Waals surface area contributed by atoms with Crippen LogP contribution in [0.5, 0.6) is 0 Å². The summed E-state index contributed by atoms with van der Waals surface area (Å²) in [5, 5.41) is 6.42. The van der Waals surface area contributed by atoms with E-state index in [1.165, 1.54) is 11.3 Å². The number of furan rings is 1. The molecule has 1 fully saturated rings. The van der Waals surface area contributed by atoms with Crippen molar-refractivity contribution in [1.82, 2.24) is 5.01 Å². The Balaban J connectivity index is 1.25. The van der Waals surface area contributed by atoms with Gasteiger partial charge < -0.3 is 14.1 Å². The SMILES string of the molecule is Cc1ccc(N2C[C@H](C(=O)OCC(=O)N3N=C(c4ccc(Cl)cc4)C[C@H]3c3ccco3)CC2=O)cc1. The van der Waals surface area contributed by atoms with Crippen molar-refractivity contribution in [2.75, 3.05) is 18.1 Å². The van der Waals surface area contributed by atoms with E-state index >= 15 is 0 Å². The first-order valence-electron chi connectivity index (χ1n) is 11.6. The van der Waals surface area contributed by atoms with E-state index in [2.05, 4.69) is 5.10 Å². The molecule has 1 saturated heterocycles. The zero-order valence-corrected chi connectivity index (χ0v) is 20.4. The number of hydrogen-bond acceptors (Lipinski definition) is 6. The number of rotatable bonds is 6. The Kier molecular flexibility index (Phi) is 6.61. The number of anilines is 1. The van der Waals surface area contributed by atoms with Gasteiger partial charge in [-0.15, -0.1) is 0 Å². The van der Waals surface area contributed by atoms with E-state index in [-0.39, 0.29) is 18.9 Å². The van der Waals surface area contributed by atoms with Gasteiger partial charge in [-0.3, -0.25) is 14.4 Å². The maximum absolute atomic E-state index is 13.1. The summed E-state index contributed by atoms with van der Waals surface area (Å²) in [6.45, 7) is 1.70. The number of carbonyl (C=O) groups is 3. The van der Waals surface area contributed by atoms with Gasteiger partial charge in [0.25, 0.3) is 5.91 Å². The summed E-state index contributed by atoms with van der Waals surface area (Å²) < 4.78 is 10.9. The second kappa shape index (κ2) is 9.99. The molecule has 3 aromatic rings. The Bertz CT molecular complexity index is 1300. The maximum Gasteiger partial charge on any atom is 0.311 e. The highest BCUT2D eigenvalue weighted by atomic mass is 35.5. The molecule has 5 rings (SSSR count). The van der Waals surface area contributed by atoms with Crippen LogP contribution in [0.3, 0.4) is 0 Å². The number of amides is 2. The highest BCUT2D eigenvalue weighted by Gasteiger charge is 2.38. The molecule has 0 bridgehead atoms. The van der Waals surface area contributed by atoms with Gasteiger partial charge in [0.05, 0.1) is 17.9 Å². The van der Waals surface area contributed by atoms with Crippen LogP contribution in [0.2, 0.25) is 5.02 Å². The van der Waals surface area contributed by atoms with Crippen LogP contribution in [0.15, 0.2) is 76.4 Å². The Hall–Kier alpha value is -3.91. The number of hydrogen-bond donors (Lipinski definition) is 0. The smallest absolute Gasteiger partial charge is 0.311 e. The highest BCUT2D eigenvalue weighted by molar-refractivity contribution is 6.30. The minimum absolute atomic E-state index is 0.0402. The fraction of sp³-hybridized carbons (Fsp3) is 0.259. The van der Waals surface area contributed by atoms with Crippen LogP contribution in [0, 0.1) is 12.8 Å². The van der Waals surface area contributed by atoms with E-state index in [1.807, 2.05) is 43.3 Å². The van der Waals surface area contributed by atoms with Gasteiger partial charge in [0.15, 0.2) is 6.61 Å². The third kappa shape index (κ3) is 4.90. The summed E-state index contributed by atoms with van der Waals surface area (Å²) in [7, 11) is 0. The van der Waals surface area contributed by atoms with Gasteiger partial charge in [0, 0.05) is 30.1 Å². The Labute approximate surface area is 213 Å². The molecule has 0 unspecified atom stereocenters. The molecule has 2 atom stereocenters. The Morgan fingerprint density at radius 1 is 1.08 bits per heavy atom. The lowest BCUT2D eigenvalue weighted by molar-refractivity contribution is -0.156. The first kappa shape index (κ1) is 23.8. The molecule has 3 heterocycles. The summed E-state index contributed by atoms with van der Waals surface area (Å²) in [6, 6.07) is 17.8. The molecular formula is C27H24ClN3O5. The van der Waals surface area contributed by atoms with E-state index < -0.39 is 30.4 Å². The lowest BCUT2D eigenvalue weighted by atomic mass is 10.0. The Morgan fingerprint density at radius 3 is 2.53 bits per heavy atom.